The molecule has 4 fully saturated rings. The Balaban J connectivity index is 1.15. The van der Waals surface area contributed by atoms with Crippen molar-refractivity contribution >= 4 is 17.7 Å². The maximum absolute atomic E-state index is 14.4. The Labute approximate surface area is 353 Å². The van der Waals surface area contributed by atoms with Crippen molar-refractivity contribution in [3.05, 3.63) is 65.8 Å². The van der Waals surface area contributed by atoms with Gasteiger partial charge in [-0.05, 0) is 123 Å². The molecule has 1 heterocycles. The molecule has 4 saturated carbocycles. The number of esters is 1. The highest BCUT2D eigenvalue weighted by Crippen LogP contribution is 2.77. The molecule has 2 aromatic rings. The van der Waals surface area contributed by atoms with Crippen LogP contribution < -0.4 is 0 Å². The number of carbonyl (C=O) groups is 3. The number of benzene rings is 1. The van der Waals surface area contributed by atoms with Crippen LogP contribution in [0.2, 0.25) is 0 Å². The molecule has 5 aliphatic carbocycles. The van der Waals surface area contributed by atoms with Gasteiger partial charge in [-0.15, -0.1) is 0 Å². The second-order valence-corrected chi connectivity index (χ2v) is 21.9. The summed E-state index contributed by atoms with van der Waals surface area (Å²) in [6, 6.07) is 10.5. The van der Waals surface area contributed by atoms with Gasteiger partial charge in [0.1, 0.15) is 6.10 Å². The molecule has 9 heteroatoms. The molecular weight excluding hydrogens is 739 g/mol. The predicted octanol–water partition coefficient (Wildman–Crippen LogP) is 9.53. The lowest BCUT2D eigenvalue weighted by molar-refractivity contribution is -0.235. The van der Waals surface area contributed by atoms with E-state index in [9.17, 15) is 24.6 Å². The lowest BCUT2D eigenvalue weighted by Crippen LogP contribution is -2.66. The number of Topliss-reactive ketones (excluding diaryl/α,β-unsaturated/α-hetero) is 1. The molecule has 1 aromatic heterocycles. The first kappa shape index (κ1) is 43.8. The number of aliphatic carboxylic acids is 1. The van der Waals surface area contributed by atoms with Gasteiger partial charge >= 0.3 is 11.9 Å². The number of rotatable bonds is 14. The summed E-state index contributed by atoms with van der Waals surface area (Å²) in [5.41, 5.74) is 1.63. The van der Waals surface area contributed by atoms with E-state index in [1.807, 2.05) is 24.8 Å². The van der Waals surface area contributed by atoms with Crippen LogP contribution in [-0.4, -0.2) is 67.7 Å². The van der Waals surface area contributed by atoms with Gasteiger partial charge in [0.05, 0.1) is 24.3 Å². The molecule has 324 valence electrons. The second-order valence-electron chi connectivity index (χ2n) is 21.9. The second kappa shape index (κ2) is 15.9. The zero-order valence-corrected chi connectivity index (χ0v) is 37.6. The summed E-state index contributed by atoms with van der Waals surface area (Å²) in [6.45, 7) is 22.7. The molecular formula is C50H73N3O6. The van der Waals surface area contributed by atoms with E-state index < -0.39 is 28.9 Å². The molecule has 9 atom stereocenters. The van der Waals surface area contributed by atoms with Crippen molar-refractivity contribution in [1.29, 1.82) is 0 Å². The van der Waals surface area contributed by atoms with Crippen molar-refractivity contribution in [2.45, 2.75) is 158 Å². The Morgan fingerprint density at radius 2 is 1.69 bits per heavy atom. The number of carboxylic acid groups (broad SMARTS) is 1. The number of fused-ring (bicyclic) bond motifs is 7. The monoisotopic (exact) mass is 812 g/mol. The van der Waals surface area contributed by atoms with Crippen LogP contribution in [0.1, 0.15) is 139 Å². The van der Waals surface area contributed by atoms with Gasteiger partial charge in [-0.1, -0.05) is 84.4 Å². The summed E-state index contributed by atoms with van der Waals surface area (Å²) in [7, 11) is 0. The molecule has 9 unspecified atom stereocenters. The number of aliphatic hydroxyl groups excluding tert-OH is 1. The summed E-state index contributed by atoms with van der Waals surface area (Å²) in [6.07, 6.45) is 13.8. The normalized spacial score (nSPS) is 34.5. The van der Waals surface area contributed by atoms with Crippen LogP contribution >= 0.6 is 0 Å². The third kappa shape index (κ3) is 7.46. The largest absolute Gasteiger partial charge is 0.481 e. The Bertz CT molecular complexity index is 1900. The molecule has 0 bridgehead atoms. The number of nitrogens with zero attached hydrogens (tertiary/aromatic N) is 3. The molecule has 0 radical (unpaired) electrons. The van der Waals surface area contributed by atoms with Gasteiger partial charge in [-0.3, -0.25) is 19.3 Å². The van der Waals surface area contributed by atoms with Gasteiger partial charge in [0.25, 0.3) is 0 Å². The molecule has 0 saturated heterocycles. The van der Waals surface area contributed by atoms with Crippen LogP contribution in [0.25, 0.3) is 0 Å². The van der Waals surface area contributed by atoms with E-state index in [1.54, 1.807) is 13.8 Å². The minimum atomic E-state index is -1.17. The minimum absolute atomic E-state index is 0.0302. The van der Waals surface area contributed by atoms with E-state index >= 15 is 0 Å². The number of aromatic nitrogens is 2. The Kier molecular flexibility index (Phi) is 11.8. The first-order valence-corrected chi connectivity index (χ1v) is 22.8. The van der Waals surface area contributed by atoms with Crippen molar-refractivity contribution in [2.75, 3.05) is 13.1 Å². The number of allylic oxidation sites excluding steroid dienone is 1. The first-order valence-electron chi connectivity index (χ1n) is 22.8. The van der Waals surface area contributed by atoms with Crippen LogP contribution in [0.4, 0.5) is 0 Å². The van der Waals surface area contributed by atoms with Gasteiger partial charge in [0.2, 0.25) is 0 Å². The zero-order valence-electron chi connectivity index (χ0n) is 37.6. The highest BCUT2D eigenvalue weighted by molar-refractivity contribution is 6.00. The molecule has 1 aromatic carbocycles. The number of aliphatic hydroxyl groups is 1. The number of ketones is 1. The van der Waals surface area contributed by atoms with Crippen LogP contribution in [0.15, 0.2) is 60.2 Å². The van der Waals surface area contributed by atoms with Crippen molar-refractivity contribution in [2.24, 2.45) is 56.2 Å². The molecule has 7 rings (SSSR count). The summed E-state index contributed by atoms with van der Waals surface area (Å²) in [5.74, 6) is 0.0174. The number of hydrogen-bond acceptors (Lipinski definition) is 7. The number of carboxylic acids is 1. The lowest BCUT2D eigenvalue weighted by atomic mass is 9.33. The predicted molar refractivity (Wildman–Crippen MR) is 230 cm³/mol. The average molecular weight is 812 g/mol. The average Bonchev–Trinajstić information content (AvgIpc) is 3.79. The van der Waals surface area contributed by atoms with Crippen molar-refractivity contribution in [3.63, 3.8) is 0 Å². The zero-order chi connectivity index (χ0) is 42.8. The van der Waals surface area contributed by atoms with Crippen molar-refractivity contribution < 1.29 is 29.3 Å². The molecule has 5 aliphatic rings. The highest BCUT2D eigenvalue weighted by Gasteiger charge is 2.71. The van der Waals surface area contributed by atoms with E-state index in [4.69, 9.17) is 4.74 Å². The van der Waals surface area contributed by atoms with Gasteiger partial charge < -0.3 is 19.5 Å². The number of aryl methyl sites for hydroxylation is 1. The maximum atomic E-state index is 14.4. The fraction of sp³-hybridized carbons (Fsp3) is 0.720. The van der Waals surface area contributed by atoms with Crippen LogP contribution in [-0.2, 0) is 32.2 Å². The van der Waals surface area contributed by atoms with Crippen LogP contribution in [0.5, 0.6) is 0 Å². The lowest BCUT2D eigenvalue weighted by Gasteiger charge is -2.72. The van der Waals surface area contributed by atoms with Gasteiger partial charge in [-0.25, -0.2) is 4.98 Å². The fourth-order valence-corrected chi connectivity index (χ4v) is 14.3. The standard InChI is InChI=1S/C50H73N3O6/c1-33(2)42-36(54)28-50(39(55)31-53(30-34-14-11-10-12-15-34)26-13-25-52-27-24-51-32-52)23-22-48(8)35(43(42)50)16-17-38-47(7)20-19-40(59-41(56)29-45(3,4)44(57)58)46(5,6)37(47)18-21-49(38,48)9/h10-12,14-15,24,27,32-33,35,37-40,55H,13,16-23,25-26,28-31H2,1-9H3,(H,57,58). The summed E-state index contributed by atoms with van der Waals surface area (Å²) in [4.78, 5) is 46.0. The molecule has 0 amide bonds. The third-order valence-electron chi connectivity index (χ3n) is 17.6. The van der Waals surface area contributed by atoms with E-state index in [0.29, 0.717) is 24.8 Å². The Hall–Kier alpha value is -3.30. The first-order chi connectivity index (χ1) is 27.7. The van der Waals surface area contributed by atoms with E-state index in [0.717, 1.165) is 83.0 Å². The topological polar surface area (TPSA) is 122 Å². The summed E-state index contributed by atoms with van der Waals surface area (Å²) >= 11 is 0. The maximum Gasteiger partial charge on any atom is 0.309 e. The number of ether oxygens (including phenoxy) is 1. The van der Waals surface area contributed by atoms with E-state index in [1.165, 1.54) is 11.1 Å². The minimum Gasteiger partial charge on any atom is -0.481 e. The van der Waals surface area contributed by atoms with Crippen molar-refractivity contribution in [3.8, 4) is 0 Å². The van der Waals surface area contributed by atoms with Crippen LogP contribution in [0, 0.1) is 56.2 Å². The molecule has 59 heavy (non-hydrogen) atoms. The molecule has 9 nitrogen and oxygen atoms in total. The molecule has 2 N–H and O–H groups in total. The van der Waals surface area contributed by atoms with Crippen LogP contribution in [0.3, 0.4) is 0 Å². The molecule has 0 spiro atoms. The van der Waals surface area contributed by atoms with Gasteiger partial charge in [-0.2, -0.15) is 0 Å². The Morgan fingerprint density at radius 3 is 2.36 bits per heavy atom. The van der Waals surface area contributed by atoms with Crippen molar-refractivity contribution in [1.82, 2.24) is 14.5 Å². The van der Waals surface area contributed by atoms with Gasteiger partial charge in [0.15, 0.2) is 5.78 Å². The smallest absolute Gasteiger partial charge is 0.309 e. The van der Waals surface area contributed by atoms with E-state index in [-0.39, 0.29) is 51.8 Å². The number of imidazole rings is 1. The summed E-state index contributed by atoms with van der Waals surface area (Å²) in [5, 5.41) is 22.4. The Morgan fingerprint density at radius 1 is 0.966 bits per heavy atom. The fourth-order valence-electron chi connectivity index (χ4n) is 14.3. The molecule has 0 aliphatic heterocycles. The van der Waals surface area contributed by atoms with E-state index in [2.05, 4.69) is 87.2 Å². The quantitative estimate of drug-likeness (QED) is 0.181. The summed E-state index contributed by atoms with van der Waals surface area (Å²) < 4.78 is 8.32. The highest BCUT2D eigenvalue weighted by atomic mass is 16.5. The number of carbonyl (C=O) groups excluding carboxylic acids is 2. The SMILES string of the molecule is CC(C)C1=C2C3CCC4C5(C)CCC(OC(=O)CC(C)(C)C(=O)O)C(C)(C)C5CCC4(C)C3(C)CCC2(C(O)CN(CCCn2ccnc2)Cc2ccccc2)CC1=O. The number of hydrogen-bond donors (Lipinski definition) is 2. The third-order valence-corrected chi connectivity index (χ3v) is 17.6. The van der Waals surface area contributed by atoms with Gasteiger partial charge in [0, 0.05) is 55.8 Å².